The standard InChI is InChI=1S/C10H21NO2/c1-4-6-7-9(5-2)10(11)13-8(3)12/h9-10H,4-7,11H2,1-3H3. The van der Waals surface area contributed by atoms with Gasteiger partial charge in [-0.1, -0.05) is 26.7 Å². The summed E-state index contributed by atoms with van der Waals surface area (Å²) in [6.07, 6.45) is 3.89. The van der Waals surface area contributed by atoms with Gasteiger partial charge in [0.1, 0.15) is 0 Å². The molecule has 13 heavy (non-hydrogen) atoms. The summed E-state index contributed by atoms with van der Waals surface area (Å²) < 4.78 is 4.94. The van der Waals surface area contributed by atoms with Crippen molar-refractivity contribution in [1.29, 1.82) is 0 Å². The lowest BCUT2D eigenvalue weighted by atomic mass is 9.98. The highest BCUT2D eigenvalue weighted by molar-refractivity contribution is 5.66. The smallest absolute Gasteiger partial charge is 0.304 e. The molecule has 0 amide bonds. The van der Waals surface area contributed by atoms with Crippen LogP contribution in [0.2, 0.25) is 0 Å². The molecule has 0 spiro atoms. The molecular weight excluding hydrogens is 166 g/mol. The van der Waals surface area contributed by atoms with E-state index in [0.29, 0.717) is 5.92 Å². The van der Waals surface area contributed by atoms with Crippen LogP contribution in [0, 0.1) is 5.92 Å². The van der Waals surface area contributed by atoms with Gasteiger partial charge < -0.3 is 4.74 Å². The molecule has 0 aliphatic carbocycles. The molecule has 2 N–H and O–H groups in total. The summed E-state index contributed by atoms with van der Waals surface area (Å²) in [4.78, 5) is 10.6. The molecule has 3 nitrogen and oxygen atoms in total. The zero-order valence-corrected chi connectivity index (χ0v) is 8.88. The van der Waals surface area contributed by atoms with E-state index >= 15 is 0 Å². The van der Waals surface area contributed by atoms with Gasteiger partial charge in [-0.15, -0.1) is 0 Å². The molecule has 0 saturated heterocycles. The Labute approximate surface area is 80.6 Å². The van der Waals surface area contributed by atoms with Gasteiger partial charge >= 0.3 is 5.97 Å². The average molecular weight is 187 g/mol. The summed E-state index contributed by atoms with van der Waals surface area (Å²) >= 11 is 0. The van der Waals surface area contributed by atoms with E-state index < -0.39 is 6.23 Å². The maximum atomic E-state index is 10.6. The molecule has 2 unspecified atom stereocenters. The Hall–Kier alpha value is -0.570. The molecule has 0 rings (SSSR count). The number of carbonyl (C=O) groups excluding carboxylic acids is 1. The molecule has 0 radical (unpaired) electrons. The van der Waals surface area contributed by atoms with Gasteiger partial charge in [0.15, 0.2) is 6.23 Å². The summed E-state index contributed by atoms with van der Waals surface area (Å²) in [5, 5.41) is 0. The van der Waals surface area contributed by atoms with Crippen LogP contribution in [0.4, 0.5) is 0 Å². The van der Waals surface area contributed by atoms with Crippen LogP contribution < -0.4 is 5.73 Å². The van der Waals surface area contributed by atoms with E-state index in [2.05, 4.69) is 13.8 Å². The van der Waals surface area contributed by atoms with Crippen molar-refractivity contribution < 1.29 is 9.53 Å². The largest absolute Gasteiger partial charge is 0.447 e. The fourth-order valence-electron chi connectivity index (χ4n) is 1.35. The van der Waals surface area contributed by atoms with Crippen LogP contribution in [0.5, 0.6) is 0 Å². The third-order valence-corrected chi connectivity index (χ3v) is 2.22. The summed E-state index contributed by atoms with van der Waals surface area (Å²) in [6, 6.07) is 0. The second kappa shape index (κ2) is 6.89. The SMILES string of the molecule is CCCCC(CC)C(N)OC(C)=O. The van der Waals surface area contributed by atoms with Gasteiger partial charge in [-0.25, -0.2) is 0 Å². The first-order chi connectivity index (χ1) is 6.11. The monoisotopic (exact) mass is 187 g/mol. The number of unbranched alkanes of at least 4 members (excludes halogenated alkanes) is 1. The quantitative estimate of drug-likeness (QED) is 0.511. The average Bonchev–Trinajstić information content (AvgIpc) is 2.04. The van der Waals surface area contributed by atoms with E-state index in [1.165, 1.54) is 6.92 Å². The van der Waals surface area contributed by atoms with Crippen LogP contribution in [0.15, 0.2) is 0 Å². The second-order valence-electron chi connectivity index (χ2n) is 3.38. The molecule has 78 valence electrons. The highest BCUT2D eigenvalue weighted by atomic mass is 16.6. The molecule has 0 aliphatic rings. The van der Waals surface area contributed by atoms with Crippen molar-refractivity contribution in [3.05, 3.63) is 0 Å². The van der Waals surface area contributed by atoms with Crippen molar-refractivity contribution in [3.63, 3.8) is 0 Å². The maximum absolute atomic E-state index is 10.6. The summed E-state index contributed by atoms with van der Waals surface area (Å²) in [5.74, 6) is 0.0197. The van der Waals surface area contributed by atoms with Crippen LogP contribution in [-0.2, 0) is 9.53 Å². The van der Waals surface area contributed by atoms with E-state index in [4.69, 9.17) is 10.5 Å². The predicted molar refractivity (Wildman–Crippen MR) is 53.0 cm³/mol. The van der Waals surface area contributed by atoms with Crippen LogP contribution >= 0.6 is 0 Å². The van der Waals surface area contributed by atoms with Crippen LogP contribution in [-0.4, -0.2) is 12.2 Å². The molecule has 0 heterocycles. The van der Waals surface area contributed by atoms with Crippen LogP contribution in [0.1, 0.15) is 46.5 Å². The molecule has 0 aromatic rings. The fourth-order valence-corrected chi connectivity index (χ4v) is 1.35. The molecule has 0 saturated carbocycles. The van der Waals surface area contributed by atoms with Gasteiger partial charge in [0.25, 0.3) is 0 Å². The third kappa shape index (κ3) is 5.64. The van der Waals surface area contributed by atoms with Crippen molar-refractivity contribution in [1.82, 2.24) is 0 Å². The molecule has 0 aromatic heterocycles. The Bertz CT molecular complexity index is 148. The third-order valence-electron chi connectivity index (χ3n) is 2.22. The van der Waals surface area contributed by atoms with E-state index in [1.54, 1.807) is 0 Å². The van der Waals surface area contributed by atoms with Crippen molar-refractivity contribution >= 4 is 5.97 Å². The topological polar surface area (TPSA) is 52.3 Å². The Kier molecular flexibility index (Phi) is 6.59. The minimum atomic E-state index is -0.422. The number of hydrogen-bond acceptors (Lipinski definition) is 3. The van der Waals surface area contributed by atoms with Gasteiger partial charge in [0, 0.05) is 12.8 Å². The molecule has 0 bridgehead atoms. The van der Waals surface area contributed by atoms with Gasteiger partial charge in [0.2, 0.25) is 0 Å². The molecule has 0 fully saturated rings. The zero-order chi connectivity index (χ0) is 10.3. The highest BCUT2D eigenvalue weighted by Crippen LogP contribution is 2.16. The highest BCUT2D eigenvalue weighted by Gasteiger charge is 2.17. The first-order valence-corrected chi connectivity index (χ1v) is 5.04. The van der Waals surface area contributed by atoms with E-state index in [0.717, 1.165) is 25.7 Å². The Balaban J connectivity index is 3.83. The molecule has 0 aromatic carbocycles. The Morgan fingerprint density at radius 3 is 2.46 bits per heavy atom. The van der Waals surface area contributed by atoms with E-state index in [-0.39, 0.29) is 5.97 Å². The molecule has 0 aliphatic heterocycles. The predicted octanol–water partition coefficient (Wildman–Crippen LogP) is 2.05. The van der Waals surface area contributed by atoms with Gasteiger partial charge in [-0.2, -0.15) is 0 Å². The second-order valence-corrected chi connectivity index (χ2v) is 3.38. The maximum Gasteiger partial charge on any atom is 0.304 e. The first kappa shape index (κ1) is 12.4. The lowest BCUT2D eigenvalue weighted by molar-refractivity contribution is -0.149. The Morgan fingerprint density at radius 2 is 2.08 bits per heavy atom. The molecule has 2 atom stereocenters. The van der Waals surface area contributed by atoms with Crippen molar-refractivity contribution in [2.24, 2.45) is 11.7 Å². The lowest BCUT2D eigenvalue weighted by Gasteiger charge is -2.21. The number of esters is 1. The number of carbonyl (C=O) groups is 1. The minimum Gasteiger partial charge on any atom is -0.447 e. The van der Waals surface area contributed by atoms with Gasteiger partial charge in [-0.3, -0.25) is 10.5 Å². The van der Waals surface area contributed by atoms with Crippen molar-refractivity contribution in [2.75, 3.05) is 0 Å². The Morgan fingerprint density at radius 1 is 1.46 bits per heavy atom. The van der Waals surface area contributed by atoms with Gasteiger partial charge in [-0.05, 0) is 12.8 Å². The van der Waals surface area contributed by atoms with Crippen LogP contribution in [0.25, 0.3) is 0 Å². The number of rotatable bonds is 6. The first-order valence-electron chi connectivity index (χ1n) is 5.04. The minimum absolute atomic E-state index is 0.289. The normalized spacial score (nSPS) is 15.1. The summed E-state index contributed by atoms with van der Waals surface area (Å²) in [5.41, 5.74) is 5.73. The fraction of sp³-hybridized carbons (Fsp3) is 0.900. The summed E-state index contributed by atoms with van der Waals surface area (Å²) in [7, 11) is 0. The van der Waals surface area contributed by atoms with Crippen LogP contribution in [0.3, 0.4) is 0 Å². The lowest BCUT2D eigenvalue weighted by Crippen LogP contribution is -2.34. The molecular formula is C10H21NO2. The van der Waals surface area contributed by atoms with Crippen molar-refractivity contribution in [2.45, 2.75) is 52.7 Å². The van der Waals surface area contributed by atoms with Gasteiger partial charge in [0.05, 0.1) is 0 Å². The van der Waals surface area contributed by atoms with Crippen molar-refractivity contribution in [3.8, 4) is 0 Å². The summed E-state index contributed by atoms with van der Waals surface area (Å²) in [6.45, 7) is 5.61. The number of ether oxygens (including phenoxy) is 1. The van der Waals surface area contributed by atoms with E-state index in [1.807, 2.05) is 0 Å². The molecule has 3 heteroatoms. The number of hydrogen-bond donors (Lipinski definition) is 1. The zero-order valence-electron chi connectivity index (χ0n) is 8.88. The number of nitrogens with two attached hydrogens (primary N) is 1. The van der Waals surface area contributed by atoms with E-state index in [9.17, 15) is 4.79 Å².